The zero-order valence-corrected chi connectivity index (χ0v) is 14.4. The minimum Gasteiger partial charge on any atom is -0.478 e. The number of anilines is 1. The molecule has 24 heavy (non-hydrogen) atoms. The van der Waals surface area contributed by atoms with Crippen LogP contribution in [0.25, 0.3) is 0 Å². The molecule has 2 aromatic rings. The van der Waals surface area contributed by atoms with Crippen molar-refractivity contribution in [3.05, 3.63) is 64.7 Å². The van der Waals surface area contributed by atoms with Gasteiger partial charge < -0.3 is 10.4 Å². The number of hydrogen-bond donors (Lipinski definition) is 2. The first-order valence-electron chi connectivity index (χ1n) is 7.40. The third-order valence-corrected chi connectivity index (χ3v) is 4.94. The average Bonchev–Trinajstić information content (AvgIpc) is 2.52. The standard InChI is InChI=1S/C18H19NO4S/c1-12-4-3-5-16(13(12)2)19-17(20)11-24(23)10-14-6-8-15(9-7-14)18(21)22/h3-9H,10-11H2,1-2H3,(H,19,20)(H,21,22). The van der Waals surface area contributed by atoms with Gasteiger partial charge in [0.15, 0.2) is 0 Å². The van der Waals surface area contributed by atoms with Crippen LogP contribution in [0.15, 0.2) is 42.5 Å². The normalized spacial score (nSPS) is 11.8. The van der Waals surface area contributed by atoms with Gasteiger partial charge in [-0.05, 0) is 48.7 Å². The maximum Gasteiger partial charge on any atom is 0.335 e. The molecule has 0 bridgehead atoms. The molecular formula is C18H19NO4S. The number of carbonyl (C=O) groups is 2. The van der Waals surface area contributed by atoms with Crippen molar-refractivity contribution in [2.24, 2.45) is 0 Å². The molecule has 2 rings (SSSR count). The Hall–Kier alpha value is -2.47. The Morgan fingerprint density at radius 3 is 2.38 bits per heavy atom. The molecule has 0 spiro atoms. The van der Waals surface area contributed by atoms with E-state index in [1.807, 2.05) is 32.0 Å². The quantitative estimate of drug-likeness (QED) is 0.843. The number of aromatic carboxylic acids is 1. The third-order valence-electron chi connectivity index (χ3n) is 3.70. The van der Waals surface area contributed by atoms with Crippen LogP contribution in [0.3, 0.4) is 0 Å². The predicted molar refractivity (Wildman–Crippen MR) is 94.7 cm³/mol. The van der Waals surface area contributed by atoms with E-state index in [0.29, 0.717) is 0 Å². The lowest BCUT2D eigenvalue weighted by Crippen LogP contribution is -2.20. The van der Waals surface area contributed by atoms with Crippen molar-refractivity contribution in [3.63, 3.8) is 0 Å². The van der Waals surface area contributed by atoms with Crippen LogP contribution < -0.4 is 5.32 Å². The summed E-state index contributed by atoms with van der Waals surface area (Å²) in [4.78, 5) is 22.8. The lowest BCUT2D eigenvalue weighted by molar-refractivity contribution is -0.113. The van der Waals surface area contributed by atoms with Crippen LogP contribution in [-0.4, -0.2) is 26.9 Å². The summed E-state index contributed by atoms with van der Waals surface area (Å²) in [6.45, 7) is 3.88. The second kappa shape index (κ2) is 7.88. The van der Waals surface area contributed by atoms with Crippen molar-refractivity contribution in [1.82, 2.24) is 0 Å². The molecular weight excluding hydrogens is 326 g/mol. The molecule has 1 amide bonds. The van der Waals surface area contributed by atoms with Crippen LogP contribution in [0.2, 0.25) is 0 Å². The monoisotopic (exact) mass is 345 g/mol. The molecule has 0 aliphatic heterocycles. The number of carboxylic acids is 1. The van der Waals surface area contributed by atoms with Crippen LogP contribution >= 0.6 is 0 Å². The number of carbonyl (C=O) groups excluding carboxylic acids is 1. The van der Waals surface area contributed by atoms with E-state index in [4.69, 9.17) is 5.11 Å². The van der Waals surface area contributed by atoms with Crippen molar-refractivity contribution >= 4 is 28.4 Å². The Bertz CT molecular complexity index is 784. The van der Waals surface area contributed by atoms with Crippen LogP contribution in [0.1, 0.15) is 27.0 Å². The van der Waals surface area contributed by atoms with E-state index in [9.17, 15) is 13.8 Å². The van der Waals surface area contributed by atoms with Crippen LogP contribution in [0, 0.1) is 13.8 Å². The molecule has 0 aliphatic rings. The van der Waals surface area contributed by atoms with Crippen molar-refractivity contribution in [1.29, 1.82) is 0 Å². The first-order chi connectivity index (χ1) is 11.4. The van der Waals surface area contributed by atoms with Gasteiger partial charge in [0.25, 0.3) is 0 Å². The van der Waals surface area contributed by atoms with Gasteiger partial charge in [0.05, 0.1) is 5.56 Å². The summed E-state index contributed by atoms with van der Waals surface area (Å²) in [7, 11) is -1.36. The average molecular weight is 345 g/mol. The highest BCUT2D eigenvalue weighted by Crippen LogP contribution is 2.18. The second-order valence-corrected chi connectivity index (χ2v) is 6.98. The number of aryl methyl sites for hydroxylation is 1. The van der Waals surface area contributed by atoms with E-state index in [1.54, 1.807) is 12.1 Å². The van der Waals surface area contributed by atoms with E-state index in [-0.39, 0.29) is 23.0 Å². The number of benzene rings is 2. The van der Waals surface area contributed by atoms with Gasteiger partial charge in [-0.3, -0.25) is 9.00 Å². The van der Waals surface area contributed by atoms with Crippen LogP contribution in [-0.2, 0) is 21.3 Å². The van der Waals surface area contributed by atoms with Gasteiger partial charge in [0.2, 0.25) is 5.91 Å². The van der Waals surface area contributed by atoms with Crippen LogP contribution in [0.5, 0.6) is 0 Å². The van der Waals surface area contributed by atoms with E-state index in [0.717, 1.165) is 22.4 Å². The lowest BCUT2D eigenvalue weighted by Gasteiger charge is -2.10. The predicted octanol–water partition coefficient (Wildman–Crippen LogP) is 2.89. The number of nitrogens with one attached hydrogen (secondary N) is 1. The summed E-state index contributed by atoms with van der Waals surface area (Å²) in [5.41, 5.74) is 3.70. The molecule has 6 heteroatoms. The molecule has 0 heterocycles. The summed E-state index contributed by atoms with van der Waals surface area (Å²) in [6.07, 6.45) is 0. The maximum absolute atomic E-state index is 12.1. The van der Waals surface area contributed by atoms with Gasteiger partial charge in [-0.2, -0.15) is 0 Å². The van der Waals surface area contributed by atoms with Gasteiger partial charge >= 0.3 is 5.97 Å². The molecule has 126 valence electrons. The van der Waals surface area contributed by atoms with Crippen molar-refractivity contribution < 1.29 is 18.9 Å². The topological polar surface area (TPSA) is 83.5 Å². The van der Waals surface area contributed by atoms with Crippen molar-refractivity contribution in [2.75, 3.05) is 11.1 Å². The Balaban J connectivity index is 1.93. The smallest absolute Gasteiger partial charge is 0.335 e. The Labute approximate surface area is 143 Å². The molecule has 0 saturated heterocycles. The third kappa shape index (κ3) is 4.76. The Morgan fingerprint density at radius 1 is 1.08 bits per heavy atom. The number of amides is 1. The molecule has 0 radical (unpaired) electrons. The first-order valence-corrected chi connectivity index (χ1v) is 8.89. The highest BCUT2D eigenvalue weighted by atomic mass is 32.2. The molecule has 2 N–H and O–H groups in total. The summed E-state index contributed by atoms with van der Waals surface area (Å²) in [5.74, 6) is -1.20. The zero-order chi connectivity index (χ0) is 17.7. The van der Waals surface area contributed by atoms with Gasteiger partial charge in [0, 0.05) is 22.2 Å². The largest absolute Gasteiger partial charge is 0.478 e. The minimum absolute atomic E-state index is 0.103. The molecule has 0 fully saturated rings. The molecule has 0 aliphatic carbocycles. The van der Waals surface area contributed by atoms with Gasteiger partial charge in [-0.25, -0.2) is 4.79 Å². The van der Waals surface area contributed by atoms with Gasteiger partial charge in [-0.1, -0.05) is 24.3 Å². The van der Waals surface area contributed by atoms with Gasteiger partial charge in [-0.15, -0.1) is 0 Å². The summed E-state index contributed by atoms with van der Waals surface area (Å²) in [5, 5.41) is 11.6. The number of rotatable bonds is 6. The van der Waals surface area contributed by atoms with E-state index in [1.165, 1.54) is 12.1 Å². The molecule has 1 unspecified atom stereocenters. The zero-order valence-electron chi connectivity index (χ0n) is 13.5. The molecule has 5 nitrogen and oxygen atoms in total. The minimum atomic E-state index is -1.36. The number of hydrogen-bond acceptors (Lipinski definition) is 3. The van der Waals surface area contributed by atoms with Crippen molar-refractivity contribution in [3.8, 4) is 0 Å². The lowest BCUT2D eigenvalue weighted by atomic mass is 10.1. The Morgan fingerprint density at radius 2 is 1.75 bits per heavy atom. The van der Waals surface area contributed by atoms with E-state index < -0.39 is 16.8 Å². The highest BCUT2D eigenvalue weighted by Gasteiger charge is 2.11. The first kappa shape index (κ1) is 17.9. The fourth-order valence-electron chi connectivity index (χ4n) is 2.20. The SMILES string of the molecule is Cc1cccc(NC(=O)CS(=O)Cc2ccc(C(=O)O)cc2)c1C. The Kier molecular flexibility index (Phi) is 5.87. The maximum atomic E-state index is 12.1. The molecule has 2 aromatic carbocycles. The van der Waals surface area contributed by atoms with E-state index >= 15 is 0 Å². The highest BCUT2D eigenvalue weighted by molar-refractivity contribution is 7.84. The molecule has 0 aromatic heterocycles. The van der Waals surface area contributed by atoms with E-state index in [2.05, 4.69) is 5.32 Å². The fourth-order valence-corrected chi connectivity index (χ4v) is 3.23. The van der Waals surface area contributed by atoms with Gasteiger partial charge in [0.1, 0.15) is 5.75 Å². The molecule has 0 saturated carbocycles. The fraction of sp³-hybridized carbons (Fsp3) is 0.222. The summed E-state index contributed by atoms with van der Waals surface area (Å²) in [6, 6.07) is 11.8. The summed E-state index contributed by atoms with van der Waals surface area (Å²) < 4.78 is 12.1. The number of carboxylic acid groups (broad SMARTS) is 1. The second-order valence-electron chi connectivity index (χ2n) is 5.53. The van der Waals surface area contributed by atoms with Crippen molar-refractivity contribution in [2.45, 2.75) is 19.6 Å². The molecule has 1 atom stereocenters. The van der Waals surface area contributed by atoms with Crippen LogP contribution in [0.4, 0.5) is 5.69 Å². The summed E-state index contributed by atoms with van der Waals surface area (Å²) >= 11 is 0.